The van der Waals surface area contributed by atoms with Gasteiger partial charge in [0.2, 0.25) is 0 Å². The van der Waals surface area contributed by atoms with Gasteiger partial charge >= 0.3 is 0 Å². The molecule has 2 rings (SSSR count). The average Bonchev–Trinajstić information content (AvgIpc) is 2.45. The molecule has 0 amide bonds. The van der Waals surface area contributed by atoms with Crippen molar-refractivity contribution < 1.29 is 9.47 Å². The smallest absolute Gasteiger partial charge is 0.169 e. The van der Waals surface area contributed by atoms with Crippen molar-refractivity contribution in [2.24, 2.45) is 0 Å². The first-order chi connectivity index (χ1) is 9.74. The molecule has 0 saturated carbocycles. The van der Waals surface area contributed by atoms with Gasteiger partial charge < -0.3 is 15.2 Å². The summed E-state index contributed by atoms with van der Waals surface area (Å²) in [7, 11) is 0. The first-order valence-corrected chi connectivity index (χ1v) is 6.39. The summed E-state index contributed by atoms with van der Waals surface area (Å²) in [6.07, 6.45) is 0.260. The third-order valence-electron chi connectivity index (χ3n) is 2.76. The van der Waals surface area contributed by atoms with Gasteiger partial charge in [0, 0.05) is 5.69 Å². The minimum Gasteiger partial charge on any atom is -0.490 e. The van der Waals surface area contributed by atoms with Crippen molar-refractivity contribution in [3.05, 3.63) is 48.0 Å². The molecule has 4 nitrogen and oxygen atoms in total. The number of hydrogen-bond donors (Lipinski definition) is 1. The normalized spacial score (nSPS) is 9.80. The highest BCUT2D eigenvalue weighted by atomic mass is 16.5. The number of benzene rings is 2. The molecular formula is C16H16N2O2. The van der Waals surface area contributed by atoms with Crippen molar-refractivity contribution in [3.63, 3.8) is 0 Å². The van der Waals surface area contributed by atoms with Gasteiger partial charge in [0.15, 0.2) is 11.5 Å². The molecule has 20 heavy (non-hydrogen) atoms. The van der Waals surface area contributed by atoms with Gasteiger partial charge in [-0.25, -0.2) is 0 Å². The molecular weight excluding hydrogens is 252 g/mol. The van der Waals surface area contributed by atoms with E-state index in [1.165, 1.54) is 0 Å². The molecule has 0 heterocycles. The van der Waals surface area contributed by atoms with Crippen LogP contribution in [0.15, 0.2) is 42.5 Å². The molecule has 0 atom stereocenters. The fourth-order valence-electron chi connectivity index (χ4n) is 1.82. The Morgan fingerprint density at radius 1 is 1.15 bits per heavy atom. The van der Waals surface area contributed by atoms with Gasteiger partial charge in [-0.3, -0.25) is 0 Å². The standard InChI is InChI=1S/C16H16N2O2/c1-2-19-15-5-3-4-6-16(15)20-13-7-8-14(18)12(11-13)9-10-17/h3-8,11H,2,9,18H2,1H3. The summed E-state index contributed by atoms with van der Waals surface area (Å²) in [4.78, 5) is 0. The van der Waals surface area contributed by atoms with Crippen LogP contribution in [-0.4, -0.2) is 6.61 Å². The van der Waals surface area contributed by atoms with E-state index < -0.39 is 0 Å². The number of ether oxygens (including phenoxy) is 2. The maximum absolute atomic E-state index is 8.77. The molecule has 0 spiro atoms. The highest BCUT2D eigenvalue weighted by Gasteiger charge is 2.07. The first-order valence-electron chi connectivity index (χ1n) is 6.39. The van der Waals surface area contributed by atoms with Crippen LogP contribution in [0.2, 0.25) is 0 Å². The van der Waals surface area contributed by atoms with E-state index in [1.807, 2.05) is 31.2 Å². The molecule has 2 N–H and O–H groups in total. The van der Waals surface area contributed by atoms with E-state index in [2.05, 4.69) is 6.07 Å². The van der Waals surface area contributed by atoms with Crippen molar-refractivity contribution in [1.82, 2.24) is 0 Å². The zero-order chi connectivity index (χ0) is 14.4. The lowest BCUT2D eigenvalue weighted by Gasteiger charge is -2.12. The Hall–Kier alpha value is -2.67. The Kier molecular flexibility index (Phi) is 4.46. The Balaban J connectivity index is 2.26. The Labute approximate surface area is 118 Å². The van der Waals surface area contributed by atoms with Crippen LogP contribution in [0.25, 0.3) is 0 Å². The minimum atomic E-state index is 0.260. The topological polar surface area (TPSA) is 68.3 Å². The number of hydrogen-bond acceptors (Lipinski definition) is 4. The largest absolute Gasteiger partial charge is 0.490 e. The second-order valence-electron chi connectivity index (χ2n) is 4.18. The summed E-state index contributed by atoms with van der Waals surface area (Å²) in [6.45, 7) is 2.49. The molecule has 2 aromatic rings. The fraction of sp³-hybridized carbons (Fsp3) is 0.188. The lowest BCUT2D eigenvalue weighted by Crippen LogP contribution is -1.97. The molecule has 0 aliphatic rings. The zero-order valence-corrected chi connectivity index (χ0v) is 11.3. The second-order valence-corrected chi connectivity index (χ2v) is 4.18. The number of nitriles is 1. The molecule has 0 bridgehead atoms. The van der Waals surface area contributed by atoms with E-state index >= 15 is 0 Å². The fourth-order valence-corrected chi connectivity index (χ4v) is 1.82. The van der Waals surface area contributed by atoms with Crippen LogP contribution in [-0.2, 0) is 6.42 Å². The summed E-state index contributed by atoms with van der Waals surface area (Å²) in [6, 6.07) is 14.8. The lowest BCUT2D eigenvalue weighted by atomic mass is 10.1. The molecule has 4 heteroatoms. The van der Waals surface area contributed by atoms with E-state index in [0.717, 1.165) is 5.56 Å². The van der Waals surface area contributed by atoms with Crippen LogP contribution < -0.4 is 15.2 Å². The highest BCUT2D eigenvalue weighted by Crippen LogP contribution is 2.32. The van der Waals surface area contributed by atoms with Crippen LogP contribution in [0, 0.1) is 11.3 Å². The van der Waals surface area contributed by atoms with Crippen LogP contribution in [0.5, 0.6) is 17.2 Å². The van der Waals surface area contributed by atoms with E-state index in [0.29, 0.717) is 29.5 Å². The molecule has 0 radical (unpaired) electrons. The maximum atomic E-state index is 8.77. The maximum Gasteiger partial charge on any atom is 0.169 e. The lowest BCUT2D eigenvalue weighted by molar-refractivity contribution is 0.321. The molecule has 0 unspecified atom stereocenters. The van der Waals surface area contributed by atoms with Crippen molar-refractivity contribution in [2.45, 2.75) is 13.3 Å². The predicted octanol–water partition coefficient (Wildman–Crippen LogP) is 3.53. The predicted molar refractivity (Wildman–Crippen MR) is 77.9 cm³/mol. The van der Waals surface area contributed by atoms with Crippen molar-refractivity contribution in [1.29, 1.82) is 5.26 Å². The van der Waals surface area contributed by atoms with Crippen LogP contribution >= 0.6 is 0 Å². The quantitative estimate of drug-likeness (QED) is 0.842. The number of para-hydroxylation sites is 2. The van der Waals surface area contributed by atoms with Gasteiger partial charge in [0.25, 0.3) is 0 Å². The molecule has 0 fully saturated rings. The summed E-state index contributed by atoms with van der Waals surface area (Å²) < 4.78 is 11.3. The van der Waals surface area contributed by atoms with Gasteiger partial charge in [-0.05, 0) is 42.8 Å². The number of nitrogens with zero attached hydrogens (tertiary/aromatic N) is 1. The van der Waals surface area contributed by atoms with Crippen LogP contribution in [0.3, 0.4) is 0 Å². The summed E-state index contributed by atoms with van der Waals surface area (Å²) in [5, 5.41) is 8.77. The molecule has 0 aliphatic carbocycles. The summed E-state index contributed by atoms with van der Waals surface area (Å²) in [5.74, 6) is 1.97. The third kappa shape index (κ3) is 3.21. The van der Waals surface area contributed by atoms with E-state index in [1.54, 1.807) is 18.2 Å². The summed E-state index contributed by atoms with van der Waals surface area (Å²) >= 11 is 0. The van der Waals surface area contributed by atoms with E-state index in [9.17, 15) is 0 Å². The first kappa shape index (κ1) is 13.8. The molecule has 2 aromatic carbocycles. The van der Waals surface area contributed by atoms with Gasteiger partial charge in [0.05, 0.1) is 19.1 Å². The monoisotopic (exact) mass is 268 g/mol. The average molecular weight is 268 g/mol. The molecule has 0 aliphatic heterocycles. The van der Waals surface area contributed by atoms with Gasteiger partial charge in [-0.1, -0.05) is 12.1 Å². The highest BCUT2D eigenvalue weighted by molar-refractivity contribution is 5.53. The number of anilines is 1. The van der Waals surface area contributed by atoms with Crippen LogP contribution in [0.1, 0.15) is 12.5 Å². The van der Waals surface area contributed by atoms with Crippen LogP contribution in [0.4, 0.5) is 5.69 Å². The number of rotatable bonds is 5. The molecule has 0 aromatic heterocycles. The molecule has 102 valence electrons. The number of nitrogen functional groups attached to an aromatic ring is 1. The van der Waals surface area contributed by atoms with Crippen molar-refractivity contribution in [2.75, 3.05) is 12.3 Å². The van der Waals surface area contributed by atoms with Gasteiger partial charge in [-0.2, -0.15) is 5.26 Å². The third-order valence-corrected chi connectivity index (χ3v) is 2.76. The Morgan fingerprint density at radius 3 is 2.60 bits per heavy atom. The SMILES string of the molecule is CCOc1ccccc1Oc1ccc(N)c(CC#N)c1. The van der Waals surface area contributed by atoms with E-state index in [-0.39, 0.29) is 6.42 Å². The van der Waals surface area contributed by atoms with Gasteiger partial charge in [-0.15, -0.1) is 0 Å². The van der Waals surface area contributed by atoms with E-state index in [4.69, 9.17) is 20.5 Å². The number of nitrogens with two attached hydrogens (primary N) is 1. The van der Waals surface area contributed by atoms with Crippen molar-refractivity contribution >= 4 is 5.69 Å². The Morgan fingerprint density at radius 2 is 1.90 bits per heavy atom. The zero-order valence-electron chi connectivity index (χ0n) is 11.3. The van der Waals surface area contributed by atoms with Gasteiger partial charge in [0.1, 0.15) is 5.75 Å². The molecule has 0 saturated heterocycles. The Bertz CT molecular complexity index is 633. The van der Waals surface area contributed by atoms with Crippen molar-refractivity contribution in [3.8, 4) is 23.3 Å². The minimum absolute atomic E-state index is 0.260. The second kappa shape index (κ2) is 6.48. The summed E-state index contributed by atoms with van der Waals surface area (Å²) in [5.41, 5.74) is 7.17.